The smallest absolute Gasteiger partial charge is 0.250 e. The van der Waals surface area contributed by atoms with Gasteiger partial charge in [-0.1, -0.05) is 30.3 Å². The predicted octanol–water partition coefficient (Wildman–Crippen LogP) is 2.95. The number of pyridine rings is 1. The highest BCUT2D eigenvalue weighted by Gasteiger charge is 2.28. The van der Waals surface area contributed by atoms with Gasteiger partial charge >= 0.3 is 0 Å². The quantitative estimate of drug-likeness (QED) is 0.929. The summed E-state index contributed by atoms with van der Waals surface area (Å²) in [5.41, 5.74) is 1.06. The lowest BCUT2D eigenvalue weighted by Crippen LogP contribution is -2.22. The van der Waals surface area contributed by atoms with E-state index < -0.39 is 5.82 Å². The van der Waals surface area contributed by atoms with Crippen molar-refractivity contribution in [3.8, 4) is 5.88 Å². The van der Waals surface area contributed by atoms with Gasteiger partial charge in [0, 0.05) is 18.7 Å². The summed E-state index contributed by atoms with van der Waals surface area (Å²) < 4.78 is 19.6. The molecule has 20 heavy (non-hydrogen) atoms. The van der Waals surface area contributed by atoms with Gasteiger partial charge in [-0.15, -0.1) is 0 Å². The van der Waals surface area contributed by atoms with Gasteiger partial charge in [-0.25, -0.2) is 9.37 Å². The van der Waals surface area contributed by atoms with Crippen LogP contribution in [0, 0.1) is 11.7 Å². The van der Waals surface area contributed by atoms with Crippen LogP contribution in [-0.2, 0) is 0 Å². The van der Waals surface area contributed by atoms with Crippen molar-refractivity contribution in [3.05, 3.63) is 60.0 Å². The van der Waals surface area contributed by atoms with Crippen molar-refractivity contribution in [1.82, 2.24) is 10.3 Å². The highest BCUT2D eigenvalue weighted by atomic mass is 19.1. The third kappa shape index (κ3) is 2.80. The second kappa shape index (κ2) is 6.01. The number of nitrogens with one attached hydrogen (secondary N) is 1. The first-order valence-electron chi connectivity index (χ1n) is 6.87. The maximum Gasteiger partial charge on any atom is 0.250 e. The van der Waals surface area contributed by atoms with E-state index in [4.69, 9.17) is 4.74 Å². The molecule has 4 heteroatoms. The Hall–Kier alpha value is -1.94. The summed E-state index contributed by atoms with van der Waals surface area (Å²) in [5, 5.41) is 3.33. The molecule has 0 radical (unpaired) electrons. The highest BCUT2D eigenvalue weighted by molar-refractivity contribution is 5.22. The van der Waals surface area contributed by atoms with Crippen LogP contribution in [-0.4, -0.2) is 18.1 Å². The zero-order valence-corrected chi connectivity index (χ0v) is 11.1. The lowest BCUT2D eigenvalue weighted by molar-refractivity contribution is 0.131. The summed E-state index contributed by atoms with van der Waals surface area (Å²) in [6.45, 7) is 1.86. The minimum absolute atomic E-state index is 0.0771. The fourth-order valence-corrected chi connectivity index (χ4v) is 2.59. The van der Waals surface area contributed by atoms with Gasteiger partial charge in [-0.3, -0.25) is 0 Å². The molecule has 0 spiro atoms. The van der Waals surface area contributed by atoms with Gasteiger partial charge in [0.2, 0.25) is 0 Å². The molecule has 2 heterocycles. The number of halogens is 1. The fraction of sp³-hybridized carbons (Fsp3) is 0.312. The maximum atomic E-state index is 13.7. The van der Waals surface area contributed by atoms with Crippen LogP contribution < -0.4 is 10.1 Å². The van der Waals surface area contributed by atoms with Gasteiger partial charge in [0.25, 0.3) is 5.88 Å². The van der Waals surface area contributed by atoms with Crippen molar-refractivity contribution in [3.63, 3.8) is 0 Å². The second-order valence-electron chi connectivity index (χ2n) is 4.99. The molecule has 0 bridgehead atoms. The normalized spacial score (nSPS) is 19.8. The Morgan fingerprint density at radius 3 is 2.75 bits per heavy atom. The first kappa shape index (κ1) is 13.1. The molecule has 0 aliphatic carbocycles. The van der Waals surface area contributed by atoms with E-state index in [1.165, 1.54) is 6.07 Å². The summed E-state index contributed by atoms with van der Waals surface area (Å²) in [6.07, 6.45) is 2.40. The molecule has 1 aromatic carbocycles. The fourth-order valence-electron chi connectivity index (χ4n) is 2.59. The summed E-state index contributed by atoms with van der Waals surface area (Å²) in [4.78, 5) is 4.00. The molecule has 2 atom stereocenters. The number of ether oxygens (including phenoxy) is 1. The molecule has 3 rings (SSSR count). The van der Waals surface area contributed by atoms with Gasteiger partial charge < -0.3 is 10.1 Å². The molecular weight excluding hydrogens is 255 g/mol. The molecule has 0 amide bonds. The number of benzene rings is 1. The highest BCUT2D eigenvalue weighted by Crippen LogP contribution is 2.31. The average Bonchev–Trinajstić information content (AvgIpc) is 3.01. The van der Waals surface area contributed by atoms with Crippen LogP contribution in [0.5, 0.6) is 5.88 Å². The van der Waals surface area contributed by atoms with Gasteiger partial charge in [0.1, 0.15) is 6.10 Å². The summed E-state index contributed by atoms with van der Waals surface area (Å²) in [7, 11) is 0. The van der Waals surface area contributed by atoms with Crippen molar-refractivity contribution in [2.45, 2.75) is 12.5 Å². The van der Waals surface area contributed by atoms with Crippen LogP contribution >= 0.6 is 0 Å². The van der Waals surface area contributed by atoms with Gasteiger partial charge in [0.05, 0.1) is 0 Å². The third-order valence-corrected chi connectivity index (χ3v) is 3.62. The lowest BCUT2D eigenvalue weighted by Gasteiger charge is -2.24. The van der Waals surface area contributed by atoms with Crippen LogP contribution in [0.3, 0.4) is 0 Å². The Balaban J connectivity index is 1.88. The molecule has 0 saturated carbocycles. The number of nitrogens with zero attached hydrogens (tertiary/aromatic N) is 1. The Bertz CT molecular complexity index is 555. The molecule has 1 aliphatic heterocycles. The summed E-state index contributed by atoms with van der Waals surface area (Å²) in [6, 6.07) is 12.9. The zero-order chi connectivity index (χ0) is 13.8. The molecule has 1 N–H and O–H groups in total. The van der Waals surface area contributed by atoms with Crippen molar-refractivity contribution in [1.29, 1.82) is 0 Å². The molecule has 104 valence electrons. The van der Waals surface area contributed by atoms with Crippen molar-refractivity contribution >= 4 is 0 Å². The Kier molecular flexibility index (Phi) is 3.92. The molecule has 1 saturated heterocycles. The van der Waals surface area contributed by atoms with E-state index >= 15 is 0 Å². The number of aromatic nitrogens is 1. The third-order valence-electron chi connectivity index (χ3n) is 3.62. The van der Waals surface area contributed by atoms with E-state index in [2.05, 4.69) is 10.3 Å². The molecule has 1 fully saturated rings. The van der Waals surface area contributed by atoms with Crippen LogP contribution in [0.2, 0.25) is 0 Å². The van der Waals surface area contributed by atoms with E-state index in [1.54, 1.807) is 12.3 Å². The van der Waals surface area contributed by atoms with Gasteiger partial charge in [-0.2, -0.15) is 0 Å². The Labute approximate surface area is 117 Å². The largest absolute Gasteiger partial charge is 0.467 e. The summed E-state index contributed by atoms with van der Waals surface area (Å²) in [5.74, 6) is -0.00792. The van der Waals surface area contributed by atoms with Gasteiger partial charge in [-0.05, 0) is 30.7 Å². The minimum atomic E-state index is -0.417. The number of rotatable bonds is 4. The van der Waals surface area contributed by atoms with E-state index in [0.29, 0.717) is 5.92 Å². The van der Waals surface area contributed by atoms with Gasteiger partial charge in [0.15, 0.2) is 5.82 Å². The topological polar surface area (TPSA) is 34.1 Å². The van der Waals surface area contributed by atoms with E-state index in [9.17, 15) is 4.39 Å². The minimum Gasteiger partial charge on any atom is -0.467 e. The SMILES string of the molecule is Fc1cccnc1O[C@@H](c1ccccc1)C1CCNC1. The van der Waals surface area contributed by atoms with Crippen LogP contribution in [0.4, 0.5) is 4.39 Å². The molecule has 1 aliphatic rings. The maximum absolute atomic E-state index is 13.7. The average molecular weight is 272 g/mol. The predicted molar refractivity (Wildman–Crippen MR) is 75.0 cm³/mol. The first-order valence-corrected chi connectivity index (χ1v) is 6.87. The Morgan fingerprint density at radius 1 is 1.20 bits per heavy atom. The molecule has 1 unspecified atom stereocenters. The molecule has 2 aromatic rings. The van der Waals surface area contributed by atoms with Crippen molar-refractivity contribution < 1.29 is 9.13 Å². The molecule has 1 aromatic heterocycles. The van der Waals surface area contributed by atoms with E-state index in [-0.39, 0.29) is 12.0 Å². The molecule has 3 nitrogen and oxygen atoms in total. The number of hydrogen-bond donors (Lipinski definition) is 1. The lowest BCUT2D eigenvalue weighted by atomic mass is 9.95. The van der Waals surface area contributed by atoms with Crippen LogP contribution in [0.1, 0.15) is 18.1 Å². The van der Waals surface area contributed by atoms with Crippen molar-refractivity contribution in [2.24, 2.45) is 5.92 Å². The standard InChI is InChI=1S/C16H17FN2O/c17-14-7-4-9-19-16(14)20-15(13-8-10-18-11-13)12-5-2-1-3-6-12/h1-7,9,13,15,18H,8,10-11H2/t13?,15-/m0/s1. The molecular formula is C16H17FN2O. The number of hydrogen-bond acceptors (Lipinski definition) is 3. The van der Waals surface area contributed by atoms with E-state index in [1.807, 2.05) is 30.3 Å². The second-order valence-corrected chi connectivity index (χ2v) is 4.99. The van der Waals surface area contributed by atoms with Crippen LogP contribution in [0.15, 0.2) is 48.7 Å². The zero-order valence-electron chi connectivity index (χ0n) is 11.1. The summed E-state index contributed by atoms with van der Waals surface area (Å²) >= 11 is 0. The monoisotopic (exact) mass is 272 g/mol. The Morgan fingerprint density at radius 2 is 2.05 bits per heavy atom. The van der Waals surface area contributed by atoms with E-state index in [0.717, 1.165) is 25.1 Å². The first-order chi connectivity index (χ1) is 9.84. The van der Waals surface area contributed by atoms with Crippen molar-refractivity contribution in [2.75, 3.05) is 13.1 Å². The van der Waals surface area contributed by atoms with Crippen LogP contribution in [0.25, 0.3) is 0 Å².